The van der Waals surface area contributed by atoms with E-state index < -0.39 is 0 Å². The largest absolute Gasteiger partial charge is 0.117 e. The van der Waals surface area contributed by atoms with Crippen molar-refractivity contribution in [1.82, 2.24) is 0 Å². The van der Waals surface area contributed by atoms with Crippen LogP contribution in [-0.4, -0.2) is 9.20 Å². The van der Waals surface area contributed by atoms with Gasteiger partial charge in [-0.05, 0) is 31.1 Å². The maximum Gasteiger partial charge on any atom is 0.0682 e. The first-order valence-corrected chi connectivity index (χ1v) is 5.40. The predicted molar refractivity (Wildman–Crippen MR) is 50.2 cm³/mol. The van der Waals surface area contributed by atoms with E-state index in [1.165, 1.54) is 19.3 Å². The molecule has 0 aliphatic heterocycles. The number of alkyl halides is 2. The third-order valence-corrected chi connectivity index (χ3v) is 6.18. The Kier molecular flexibility index (Phi) is 1.09. The molecule has 0 saturated heterocycles. The van der Waals surface area contributed by atoms with Gasteiger partial charge in [-0.2, -0.15) is 0 Å². The maximum atomic E-state index is 6.49. The minimum Gasteiger partial charge on any atom is -0.117 e. The van der Waals surface area contributed by atoms with E-state index in [2.05, 4.69) is 28.1 Å². The van der Waals surface area contributed by atoms with Crippen LogP contribution in [0.15, 0.2) is 12.2 Å². The Balaban J connectivity index is 2.12. The Bertz CT molecular complexity index is 226. The number of hydrogen-bond donors (Lipinski definition) is 0. The minimum absolute atomic E-state index is 0.102. The molecule has 2 bridgehead atoms. The molecule has 0 nitrogen and oxygen atoms in total. The van der Waals surface area contributed by atoms with E-state index >= 15 is 0 Å². The topological polar surface area (TPSA) is 0 Å². The van der Waals surface area contributed by atoms with Gasteiger partial charge >= 0.3 is 0 Å². The Morgan fingerprint density at radius 1 is 1.27 bits per heavy atom. The van der Waals surface area contributed by atoms with Gasteiger partial charge in [0, 0.05) is 0 Å². The molecule has 0 heterocycles. The van der Waals surface area contributed by atoms with Crippen LogP contribution in [0.2, 0.25) is 0 Å². The molecular weight excluding hydrogens is 223 g/mol. The van der Waals surface area contributed by atoms with Crippen molar-refractivity contribution in [2.24, 2.45) is 11.8 Å². The fraction of sp³-hybridized carbons (Fsp3) is 0.778. The molecule has 4 aliphatic carbocycles. The molecule has 0 N–H and O–H groups in total. The van der Waals surface area contributed by atoms with Crippen molar-refractivity contribution in [2.45, 2.75) is 28.5 Å². The number of allylic oxidation sites excluding steroid dienone is 2. The molecule has 2 saturated carbocycles. The van der Waals surface area contributed by atoms with Crippen LogP contribution in [0.5, 0.6) is 0 Å². The molecule has 4 atom stereocenters. The van der Waals surface area contributed by atoms with Gasteiger partial charge in [0.2, 0.25) is 0 Å². The first-order valence-electron chi connectivity index (χ1n) is 4.23. The molecule has 2 unspecified atom stereocenters. The van der Waals surface area contributed by atoms with Gasteiger partial charge in [0.05, 0.1) is 9.20 Å². The Labute approximate surface area is 80.1 Å². The Morgan fingerprint density at radius 3 is 2.27 bits per heavy atom. The van der Waals surface area contributed by atoms with E-state index in [1.807, 2.05) is 0 Å². The zero-order valence-corrected chi connectivity index (χ0v) is 8.53. The summed E-state index contributed by atoms with van der Waals surface area (Å²) < 4.78 is 0.291. The number of halogens is 2. The summed E-state index contributed by atoms with van der Waals surface area (Å²) in [6.45, 7) is 0. The highest BCUT2D eigenvalue weighted by Gasteiger charge is 2.74. The SMILES string of the molecule is Cl[C@@]12C[C@]1(Br)C1C=CC2CC1. The third-order valence-electron chi connectivity index (χ3n) is 3.62. The average molecular weight is 234 g/mol. The molecule has 4 aliphatic rings. The molecular formula is C9H10BrCl. The van der Waals surface area contributed by atoms with E-state index in [9.17, 15) is 0 Å². The lowest BCUT2D eigenvalue weighted by Crippen LogP contribution is -2.38. The molecule has 2 fully saturated rings. The molecule has 0 amide bonds. The van der Waals surface area contributed by atoms with Gasteiger partial charge in [-0.15, -0.1) is 11.6 Å². The van der Waals surface area contributed by atoms with E-state index in [1.54, 1.807) is 0 Å². The predicted octanol–water partition coefficient (Wildman–Crippen LogP) is 3.10. The summed E-state index contributed by atoms with van der Waals surface area (Å²) in [4.78, 5) is 0.102. The van der Waals surface area contributed by atoms with Gasteiger partial charge in [0.1, 0.15) is 0 Å². The van der Waals surface area contributed by atoms with Crippen molar-refractivity contribution in [1.29, 1.82) is 0 Å². The van der Waals surface area contributed by atoms with Gasteiger partial charge in [-0.3, -0.25) is 0 Å². The van der Waals surface area contributed by atoms with Gasteiger partial charge < -0.3 is 0 Å². The molecule has 0 aromatic heterocycles. The molecule has 4 rings (SSSR count). The first kappa shape index (κ1) is 6.97. The number of fused-ring (bicyclic) bond motifs is 1. The van der Waals surface area contributed by atoms with E-state index in [0.29, 0.717) is 16.2 Å². The summed E-state index contributed by atoms with van der Waals surface area (Å²) in [6.07, 6.45) is 8.49. The van der Waals surface area contributed by atoms with Crippen molar-refractivity contribution < 1.29 is 0 Å². The lowest BCUT2D eigenvalue weighted by Gasteiger charge is -2.38. The molecule has 0 aromatic rings. The second-order valence-corrected chi connectivity index (χ2v) is 6.17. The van der Waals surface area contributed by atoms with Crippen molar-refractivity contribution >= 4 is 27.5 Å². The summed E-state index contributed by atoms with van der Waals surface area (Å²) in [5, 5.41) is 0. The first-order chi connectivity index (χ1) is 5.17. The summed E-state index contributed by atoms with van der Waals surface area (Å²) in [5.41, 5.74) is 0. The van der Waals surface area contributed by atoms with Crippen molar-refractivity contribution in [2.75, 3.05) is 0 Å². The highest BCUT2D eigenvalue weighted by atomic mass is 79.9. The standard InChI is InChI=1S/C9H10BrCl/c10-8-5-9(8,11)7-3-1-6(8)2-4-7/h1,3,6-7H,2,4-5H2/t6?,7?,8-,9+/m0/s1. The quantitative estimate of drug-likeness (QED) is 0.445. The van der Waals surface area contributed by atoms with Gasteiger partial charge in [0.25, 0.3) is 0 Å². The van der Waals surface area contributed by atoms with Crippen LogP contribution in [0.3, 0.4) is 0 Å². The van der Waals surface area contributed by atoms with Crippen molar-refractivity contribution in [3.63, 3.8) is 0 Å². The van der Waals surface area contributed by atoms with Gasteiger partial charge in [0.15, 0.2) is 0 Å². The monoisotopic (exact) mass is 232 g/mol. The lowest BCUT2D eigenvalue weighted by molar-refractivity contribution is 0.350. The lowest BCUT2D eigenvalue weighted by atomic mass is 9.76. The zero-order valence-electron chi connectivity index (χ0n) is 6.19. The van der Waals surface area contributed by atoms with Crippen LogP contribution in [-0.2, 0) is 0 Å². The summed E-state index contributed by atoms with van der Waals surface area (Å²) >= 11 is 10.3. The van der Waals surface area contributed by atoms with Gasteiger partial charge in [-0.25, -0.2) is 0 Å². The van der Waals surface area contributed by atoms with Crippen LogP contribution in [0, 0.1) is 11.8 Å². The maximum absolute atomic E-state index is 6.49. The number of rotatable bonds is 0. The van der Waals surface area contributed by atoms with Crippen molar-refractivity contribution in [3.05, 3.63) is 12.2 Å². The second kappa shape index (κ2) is 1.72. The zero-order chi connectivity index (χ0) is 7.69. The number of hydrogen-bond acceptors (Lipinski definition) is 0. The second-order valence-electron chi connectivity index (χ2n) is 4.08. The Morgan fingerprint density at radius 2 is 1.91 bits per heavy atom. The minimum atomic E-state index is 0.102. The highest BCUT2D eigenvalue weighted by Crippen LogP contribution is 2.73. The van der Waals surface area contributed by atoms with Crippen LogP contribution < -0.4 is 0 Å². The molecule has 0 aromatic carbocycles. The van der Waals surface area contributed by atoms with E-state index in [-0.39, 0.29) is 4.87 Å². The highest BCUT2D eigenvalue weighted by molar-refractivity contribution is 9.10. The molecule has 0 spiro atoms. The van der Waals surface area contributed by atoms with Gasteiger partial charge in [-0.1, -0.05) is 28.1 Å². The van der Waals surface area contributed by atoms with Crippen LogP contribution >= 0.6 is 27.5 Å². The third kappa shape index (κ3) is 0.604. The summed E-state index contributed by atoms with van der Waals surface area (Å²) in [5.74, 6) is 1.36. The Hall–Kier alpha value is 0.510. The molecule has 60 valence electrons. The summed E-state index contributed by atoms with van der Waals surface area (Å²) in [6, 6.07) is 0. The fourth-order valence-corrected chi connectivity index (χ4v) is 4.60. The molecule has 0 radical (unpaired) electrons. The molecule has 11 heavy (non-hydrogen) atoms. The average Bonchev–Trinajstić information content (AvgIpc) is 2.60. The van der Waals surface area contributed by atoms with Crippen LogP contribution in [0.4, 0.5) is 0 Å². The fourth-order valence-electron chi connectivity index (χ4n) is 2.79. The summed E-state index contributed by atoms with van der Waals surface area (Å²) in [7, 11) is 0. The van der Waals surface area contributed by atoms with Crippen molar-refractivity contribution in [3.8, 4) is 0 Å². The van der Waals surface area contributed by atoms with E-state index in [4.69, 9.17) is 11.6 Å². The van der Waals surface area contributed by atoms with Crippen LogP contribution in [0.25, 0.3) is 0 Å². The smallest absolute Gasteiger partial charge is 0.0682 e. The molecule has 2 heteroatoms. The normalized spacial score (nSPS) is 64.5. The van der Waals surface area contributed by atoms with E-state index in [0.717, 1.165) is 0 Å². The van der Waals surface area contributed by atoms with Crippen LogP contribution in [0.1, 0.15) is 19.3 Å².